The summed E-state index contributed by atoms with van der Waals surface area (Å²) in [5.74, 6) is 1.76. The van der Waals surface area contributed by atoms with Crippen molar-refractivity contribution >= 4 is 5.69 Å². The highest BCUT2D eigenvalue weighted by Crippen LogP contribution is 2.20. The maximum Gasteiger partial charge on any atom is 0.264 e. The van der Waals surface area contributed by atoms with E-state index in [0.717, 1.165) is 6.42 Å². The van der Waals surface area contributed by atoms with Crippen LogP contribution in [0.15, 0.2) is 28.8 Å². The summed E-state index contributed by atoms with van der Waals surface area (Å²) < 4.78 is 10.4. The standard InChI is InChI=1S/C11H13N3O2/c1-2-10-13-11(16-14-10)7-15-9-6-4-3-5-8(9)12/h3-6H,2,7,12H2,1H3. The summed E-state index contributed by atoms with van der Waals surface area (Å²) in [5.41, 5.74) is 6.32. The topological polar surface area (TPSA) is 74.2 Å². The molecule has 0 fully saturated rings. The molecule has 5 heteroatoms. The van der Waals surface area contributed by atoms with Gasteiger partial charge in [0, 0.05) is 6.42 Å². The Morgan fingerprint density at radius 2 is 2.19 bits per heavy atom. The van der Waals surface area contributed by atoms with Crippen molar-refractivity contribution in [2.45, 2.75) is 20.0 Å². The van der Waals surface area contributed by atoms with Crippen molar-refractivity contribution in [3.63, 3.8) is 0 Å². The molecule has 5 nitrogen and oxygen atoms in total. The average molecular weight is 219 g/mol. The molecule has 0 atom stereocenters. The number of ether oxygens (including phenoxy) is 1. The van der Waals surface area contributed by atoms with Gasteiger partial charge in [-0.3, -0.25) is 0 Å². The van der Waals surface area contributed by atoms with E-state index in [9.17, 15) is 0 Å². The molecule has 0 unspecified atom stereocenters. The van der Waals surface area contributed by atoms with E-state index in [2.05, 4.69) is 10.1 Å². The van der Waals surface area contributed by atoms with Gasteiger partial charge in [-0.15, -0.1) is 0 Å². The average Bonchev–Trinajstić information content (AvgIpc) is 2.76. The highest BCUT2D eigenvalue weighted by molar-refractivity contribution is 5.51. The molecule has 1 aromatic carbocycles. The Balaban J connectivity index is 1.99. The minimum atomic E-state index is 0.237. The van der Waals surface area contributed by atoms with Crippen molar-refractivity contribution in [3.8, 4) is 5.75 Å². The van der Waals surface area contributed by atoms with Gasteiger partial charge in [0.15, 0.2) is 12.4 Å². The van der Waals surface area contributed by atoms with Crippen LogP contribution in [0.2, 0.25) is 0 Å². The molecular formula is C11H13N3O2. The Morgan fingerprint density at radius 3 is 2.88 bits per heavy atom. The van der Waals surface area contributed by atoms with Crippen molar-refractivity contribution in [2.75, 3.05) is 5.73 Å². The van der Waals surface area contributed by atoms with Crippen LogP contribution in [0.25, 0.3) is 0 Å². The van der Waals surface area contributed by atoms with Crippen molar-refractivity contribution in [1.29, 1.82) is 0 Å². The number of hydrogen-bond donors (Lipinski definition) is 1. The van der Waals surface area contributed by atoms with E-state index in [1.807, 2.05) is 19.1 Å². The van der Waals surface area contributed by atoms with Crippen molar-refractivity contribution in [3.05, 3.63) is 36.0 Å². The number of benzene rings is 1. The van der Waals surface area contributed by atoms with Gasteiger partial charge in [0.1, 0.15) is 5.75 Å². The Labute approximate surface area is 93.2 Å². The largest absolute Gasteiger partial charge is 0.482 e. The van der Waals surface area contributed by atoms with Gasteiger partial charge >= 0.3 is 0 Å². The molecule has 1 heterocycles. The summed E-state index contributed by atoms with van der Waals surface area (Å²) in [6, 6.07) is 7.29. The molecule has 0 aliphatic carbocycles. The van der Waals surface area contributed by atoms with Gasteiger partial charge in [-0.25, -0.2) is 0 Å². The van der Waals surface area contributed by atoms with Crippen LogP contribution in [0, 0.1) is 0 Å². The van der Waals surface area contributed by atoms with Crippen LogP contribution in [0.1, 0.15) is 18.6 Å². The van der Waals surface area contributed by atoms with Crippen LogP contribution in [0.3, 0.4) is 0 Å². The molecule has 0 amide bonds. The maximum absolute atomic E-state index is 5.72. The van der Waals surface area contributed by atoms with Gasteiger partial charge in [-0.2, -0.15) is 4.98 Å². The summed E-state index contributed by atoms with van der Waals surface area (Å²) in [6.07, 6.45) is 0.747. The number of nitrogen functional groups attached to an aromatic ring is 1. The van der Waals surface area contributed by atoms with E-state index in [1.54, 1.807) is 12.1 Å². The zero-order chi connectivity index (χ0) is 11.4. The van der Waals surface area contributed by atoms with Crippen molar-refractivity contribution < 1.29 is 9.26 Å². The second-order valence-electron chi connectivity index (χ2n) is 3.28. The molecular weight excluding hydrogens is 206 g/mol. The number of nitrogens with two attached hydrogens (primary N) is 1. The van der Waals surface area contributed by atoms with E-state index in [0.29, 0.717) is 23.2 Å². The number of aryl methyl sites for hydroxylation is 1. The molecule has 0 saturated carbocycles. The quantitative estimate of drug-likeness (QED) is 0.793. The predicted molar refractivity (Wildman–Crippen MR) is 58.9 cm³/mol. The molecule has 0 spiro atoms. The van der Waals surface area contributed by atoms with E-state index < -0.39 is 0 Å². The van der Waals surface area contributed by atoms with E-state index in [-0.39, 0.29) is 6.61 Å². The molecule has 84 valence electrons. The molecule has 16 heavy (non-hydrogen) atoms. The molecule has 0 saturated heterocycles. The van der Waals surface area contributed by atoms with Crippen LogP contribution >= 0.6 is 0 Å². The lowest BCUT2D eigenvalue weighted by Crippen LogP contribution is -1.98. The Bertz CT molecular complexity index is 468. The summed E-state index contributed by atoms with van der Waals surface area (Å²) in [4.78, 5) is 4.13. The number of rotatable bonds is 4. The molecule has 0 bridgehead atoms. The lowest BCUT2D eigenvalue weighted by atomic mass is 10.3. The lowest BCUT2D eigenvalue weighted by molar-refractivity contribution is 0.243. The molecule has 0 radical (unpaired) electrons. The van der Waals surface area contributed by atoms with Crippen LogP contribution in [0.4, 0.5) is 5.69 Å². The monoisotopic (exact) mass is 219 g/mol. The van der Waals surface area contributed by atoms with E-state index >= 15 is 0 Å². The number of para-hydroxylation sites is 2. The summed E-state index contributed by atoms with van der Waals surface area (Å²) >= 11 is 0. The first-order valence-electron chi connectivity index (χ1n) is 5.08. The summed E-state index contributed by atoms with van der Waals surface area (Å²) in [6.45, 7) is 2.20. The van der Waals surface area contributed by atoms with Crippen LogP contribution in [0.5, 0.6) is 5.75 Å². The third-order valence-electron chi connectivity index (χ3n) is 2.10. The van der Waals surface area contributed by atoms with E-state index in [4.69, 9.17) is 15.0 Å². The van der Waals surface area contributed by atoms with Crippen molar-refractivity contribution in [2.24, 2.45) is 0 Å². The minimum absolute atomic E-state index is 0.237. The second-order valence-corrected chi connectivity index (χ2v) is 3.28. The zero-order valence-corrected chi connectivity index (χ0v) is 9.01. The number of anilines is 1. The second kappa shape index (κ2) is 4.65. The van der Waals surface area contributed by atoms with Crippen LogP contribution in [-0.4, -0.2) is 10.1 Å². The fourth-order valence-electron chi connectivity index (χ4n) is 1.24. The molecule has 2 rings (SSSR count). The fourth-order valence-corrected chi connectivity index (χ4v) is 1.24. The van der Waals surface area contributed by atoms with Gasteiger partial charge in [0.2, 0.25) is 0 Å². The number of hydrogen-bond acceptors (Lipinski definition) is 5. The minimum Gasteiger partial charge on any atom is -0.482 e. The van der Waals surface area contributed by atoms with Gasteiger partial charge in [0.25, 0.3) is 5.89 Å². The predicted octanol–water partition coefficient (Wildman–Crippen LogP) is 1.79. The van der Waals surface area contributed by atoms with Gasteiger partial charge < -0.3 is 15.0 Å². The smallest absolute Gasteiger partial charge is 0.264 e. The Kier molecular flexibility index (Phi) is 3.05. The number of aromatic nitrogens is 2. The lowest BCUT2D eigenvalue weighted by Gasteiger charge is -2.05. The van der Waals surface area contributed by atoms with Crippen molar-refractivity contribution in [1.82, 2.24) is 10.1 Å². The SMILES string of the molecule is CCc1noc(COc2ccccc2N)n1. The first-order chi connectivity index (χ1) is 7.79. The third-order valence-corrected chi connectivity index (χ3v) is 2.10. The van der Waals surface area contributed by atoms with Gasteiger partial charge in [0.05, 0.1) is 5.69 Å². The fraction of sp³-hybridized carbons (Fsp3) is 0.273. The Hall–Kier alpha value is -2.04. The molecule has 2 N–H and O–H groups in total. The van der Waals surface area contributed by atoms with Crippen LogP contribution in [-0.2, 0) is 13.0 Å². The third kappa shape index (κ3) is 2.31. The van der Waals surface area contributed by atoms with Crippen LogP contribution < -0.4 is 10.5 Å². The zero-order valence-electron chi connectivity index (χ0n) is 9.01. The van der Waals surface area contributed by atoms with Gasteiger partial charge in [-0.05, 0) is 12.1 Å². The normalized spacial score (nSPS) is 10.3. The highest BCUT2D eigenvalue weighted by Gasteiger charge is 2.06. The van der Waals surface area contributed by atoms with Gasteiger partial charge in [-0.1, -0.05) is 24.2 Å². The first kappa shape index (κ1) is 10.5. The number of nitrogens with zero attached hydrogens (tertiary/aromatic N) is 2. The molecule has 0 aliphatic heterocycles. The molecule has 1 aromatic heterocycles. The van der Waals surface area contributed by atoms with E-state index in [1.165, 1.54) is 0 Å². The Morgan fingerprint density at radius 1 is 1.38 bits per heavy atom. The first-order valence-corrected chi connectivity index (χ1v) is 5.08. The highest BCUT2D eigenvalue weighted by atomic mass is 16.5. The molecule has 2 aromatic rings. The summed E-state index contributed by atoms with van der Waals surface area (Å²) in [5, 5.41) is 3.77. The maximum atomic E-state index is 5.72. The molecule has 0 aliphatic rings. The summed E-state index contributed by atoms with van der Waals surface area (Å²) in [7, 11) is 0.